The van der Waals surface area contributed by atoms with Crippen molar-refractivity contribution in [1.29, 1.82) is 0 Å². The summed E-state index contributed by atoms with van der Waals surface area (Å²) in [5.74, 6) is 0. The molecule has 75 valence electrons. The van der Waals surface area contributed by atoms with Gasteiger partial charge in [0.1, 0.15) is 0 Å². The zero-order valence-electron chi connectivity index (χ0n) is 9.03. The molecule has 0 aromatic heterocycles. The van der Waals surface area contributed by atoms with Crippen molar-refractivity contribution in [3.05, 3.63) is 71.3 Å². The molecule has 0 bridgehead atoms. The lowest BCUT2D eigenvalue weighted by Crippen LogP contribution is -1.93. The first-order valence-corrected chi connectivity index (χ1v) is 5.33. The third-order valence-corrected chi connectivity index (χ3v) is 2.64. The summed E-state index contributed by atoms with van der Waals surface area (Å²) < 4.78 is 0. The second-order valence-corrected chi connectivity index (χ2v) is 3.86. The predicted molar refractivity (Wildman–Crippen MR) is 64.4 cm³/mol. The summed E-state index contributed by atoms with van der Waals surface area (Å²) in [6.45, 7) is 2.20. The Morgan fingerprint density at radius 1 is 1.27 bits per heavy atom. The van der Waals surface area contributed by atoms with Crippen LogP contribution in [0.25, 0.3) is 0 Å². The minimum absolute atomic E-state index is 1.02. The van der Waals surface area contributed by atoms with Gasteiger partial charge in [-0.05, 0) is 37.0 Å². The van der Waals surface area contributed by atoms with E-state index in [1.54, 1.807) is 0 Å². The highest BCUT2D eigenvalue weighted by atomic mass is 14.1. The largest absolute Gasteiger partial charge is 0.0801 e. The summed E-state index contributed by atoms with van der Waals surface area (Å²) in [5, 5.41) is 0. The van der Waals surface area contributed by atoms with Crippen molar-refractivity contribution >= 4 is 0 Å². The van der Waals surface area contributed by atoms with Crippen molar-refractivity contribution in [3.63, 3.8) is 0 Å². The van der Waals surface area contributed by atoms with Crippen LogP contribution in [0, 0.1) is 6.08 Å². The Balaban J connectivity index is 2.13. The van der Waals surface area contributed by atoms with Gasteiger partial charge in [0.15, 0.2) is 0 Å². The number of rotatable bonds is 2. The summed E-state index contributed by atoms with van der Waals surface area (Å²) in [5.41, 5.74) is 4.13. The van der Waals surface area contributed by atoms with Gasteiger partial charge in [-0.2, -0.15) is 0 Å². The SMILES string of the molecule is CC(Cc1ccccc1)=C1[C]=CC=CC1. The topological polar surface area (TPSA) is 0 Å². The summed E-state index contributed by atoms with van der Waals surface area (Å²) in [6, 6.07) is 10.6. The molecular formula is C15H15. The van der Waals surface area contributed by atoms with Crippen LogP contribution >= 0.6 is 0 Å². The van der Waals surface area contributed by atoms with Crippen LogP contribution in [0.5, 0.6) is 0 Å². The Bertz CT molecular complexity index is 405. The molecule has 0 aliphatic heterocycles. The van der Waals surface area contributed by atoms with Crippen molar-refractivity contribution in [3.8, 4) is 0 Å². The van der Waals surface area contributed by atoms with E-state index in [2.05, 4.69) is 55.5 Å². The standard InChI is InChI=1S/C15H15/c1-13(15-10-6-3-7-11-15)12-14-8-4-2-5-9-14/h2-9H,10,12H2,1H3. The molecule has 1 aliphatic rings. The van der Waals surface area contributed by atoms with Crippen molar-refractivity contribution in [2.75, 3.05) is 0 Å². The van der Waals surface area contributed by atoms with Crippen molar-refractivity contribution in [1.82, 2.24) is 0 Å². The Morgan fingerprint density at radius 3 is 2.73 bits per heavy atom. The molecule has 0 heteroatoms. The van der Waals surface area contributed by atoms with Gasteiger partial charge in [0.2, 0.25) is 0 Å². The molecule has 0 fully saturated rings. The molecule has 0 amide bonds. The fourth-order valence-corrected chi connectivity index (χ4v) is 1.77. The lowest BCUT2D eigenvalue weighted by Gasteiger charge is -2.08. The third kappa shape index (κ3) is 2.69. The maximum absolute atomic E-state index is 3.31. The number of hydrogen-bond donors (Lipinski definition) is 0. The molecule has 1 aliphatic carbocycles. The van der Waals surface area contributed by atoms with Crippen LogP contribution in [0.15, 0.2) is 59.7 Å². The number of hydrogen-bond acceptors (Lipinski definition) is 0. The average Bonchev–Trinajstić information content (AvgIpc) is 2.31. The first-order chi connectivity index (χ1) is 7.36. The van der Waals surface area contributed by atoms with Gasteiger partial charge < -0.3 is 0 Å². The van der Waals surface area contributed by atoms with Crippen LogP contribution in [-0.2, 0) is 6.42 Å². The fraction of sp³-hybridized carbons (Fsp3) is 0.200. The van der Waals surface area contributed by atoms with Gasteiger partial charge in [-0.15, -0.1) is 0 Å². The third-order valence-electron chi connectivity index (χ3n) is 2.64. The molecular weight excluding hydrogens is 180 g/mol. The van der Waals surface area contributed by atoms with Gasteiger partial charge in [0.05, 0.1) is 0 Å². The zero-order valence-corrected chi connectivity index (χ0v) is 9.03. The second-order valence-electron chi connectivity index (χ2n) is 3.86. The molecule has 0 heterocycles. The molecule has 1 aromatic carbocycles. The van der Waals surface area contributed by atoms with Crippen LogP contribution < -0.4 is 0 Å². The van der Waals surface area contributed by atoms with Gasteiger partial charge in [0.25, 0.3) is 0 Å². The first kappa shape index (κ1) is 9.97. The Morgan fingerprint density at radius 2 is 2.07 bits per heavy atom. The van der Waals surface area contributed by atoms with E-state index in [9.17, 15) is 0 Å². The van der Waals surface area contributed by atoms with Crippen LogP contribution in [0.4, 0.5) is 0 Å². The summed E-state index contributed by atoms with van der Waals surface area (Å²) >= 11 is 0. The summed E-state index contributed by atoms with van der Waals surface area (Å²) in [4.78, 5) is 0. The molecule has 0 nitrogen and oxygen atoms in total. The summed E-state index contributed by atoms with van der Waals surface area (Å²) in [6.07, 6.45) is 11.6. The molecule has 2 rings (SSSR count). The monoisotopic (exact) mass is 195 g/mol. The fourth-order valence-electron chi connectivity index (χ4n) is 1.77. The van der Waals surface area contributed by atoms with E-state index in [1.165, 1.54) is 16.7 Å². The Labute approximate surface area is 91.6 Å². The highest BCUT2D eigenvalue weighted by Crippen LogP contribution is 2.17. The smallest absolute Gasteiger partial charge is 0.00637 e. The van der Waals surface area contributed by atoms with E-state index in [0.29, 0.717) is 0 Å². The maximum Gasteiger partial charge on any atom is -0.00637 e. The summed E-state index contributed by atoms with van der Waals surface area (Å²) in [7, 11) is 0. The van der Waals surface area contributed by atoms with Crippen LogP contribution in [-0.4, -0.2) is 0 Å². The lowest BCUT2D eigenvalue weighted by molar-refractivity contribution is 1.07. The van der Waals surface area contributed by atoms with Crippen molar-refractivity contribution < 1.29 is 0 Å². The van der Waals surface area contributed by atoms with Crippen LogP contribution in [0.2, 0.25) is 0 Å². The second kappa shape index (κ2) is 4.79. The molecule has 1 aromatic rings. The van der Waals surface area contributed by atoms with E-state index in [0.717, 1.165) is 12.8 Å². The van der Waals surface area contributed by atoms with Gasteiger partial charge in [-0.1, -0.05) is 54.1 Å². The molecule has 0 N–H and O–H groups in total. The lowest BCUT2D eigenvalue weighted by atomic mass is 9.97. The van der Waals surface area contributed by atoms with Gasteiger partial charge >= 0.3 is 0 Å². The number of benzene rings is 1. The van der Waals surface area contributed by atoms with E-state index in [4.69, 9.17) is 0 Å². The average molecular weight is 195 g/mol. The molecule has 0 atom stereocenters. The molecule has 1 radical (unpaired) electrons. The molecule has 0 saturated carbocycles. The predicted octanol–water partition coefficient (Wildman–Crippen LogP) is 3.86. The maximum atomic E-state index is 3.31. The Hall–Kier alpha value is -1.56. The molecule has 15 heavy (non-hydrogen) atoms. The van der Waals surface area contributed by atoms with Crippen LogP contribution in [0.3, 0.4) is 0 Å². The van der Waals surface area contributed by atoms with Gasteiger partial charge in [0, 0.05) is 0 Å². The van der Waals surface area contributed by atoms with E-state index in [1.807, 2.05) is 6.08 Å². The molecule has 0 saturated heterocycles. The quantitative estimate of drug-likeness (QED) is 0.672. The Kier molecular flexibility index (Phi) is 3.18. The highest BCUT2D eigenvalue weighted by molar-refractivity contribution is 5.32. The van der Waals surface area contributed by atoms with E-state index < -0.39 is 0 Å². The van der Waals surface area contributed by atoms with Crippen molar-refractivity contribution in [2.24, 2.45) is 0 Å². The minimum atomic E-state index is 1.02. The first-order valence-electron chi connectivity index (χ1n) is 5.33. The zero-order chi connectivity index (χ0) is 10.5. The van der Waals surface area contributed by atoms with Gasteiger partial charge in [-0.25, -0.2) is 0 Å². The number of allylic oxidation sites excluding steroid dienone is 6. The van der Waals surface area contributed by atoms with E-state index in [-0.39, 0.29) is 0 Å². The molecule has 0 unspecified atom stereocenters. The van der Waals surface area contributed by atoms with Gasteiger partial charge in [-0.3, -0.25) is 0 Å². The van der Waals surface area contributed by atoms with Crippen LogP contribution in [0.1, 0.15) is 18.9 Å². The van der Waals surface area contributed by atoms with Crippen molar-refractivity contribution in [2.45, 2.75) is 19.8 Å². The normalized spacial score (nSPS) is 17.9. The minimum Gasteiger partial charge on any atom is -0.0801 e. The van der Waals surface area contributed by atoms with E-state index >= 15 is 0 Å². The molecule has 0 spiro atoms. The highest BCUT2D eigenvalue weighted by Gasteiger charge is 2.01.